The maximum absolute atomic E-state index is 9.85. The molecule has 0 aliphatic rings. The lowest BCUT2D eigenvalue weighted by Crippen LogP contribution is -1.92. The zero-order chi connectivity index (χ0) is 7.28. The number of carboxylic acids is 1. The standard InChI is InChI=1S/C4H6O4S/c5-4(6)2-1-3-9(7)8/h1-2H,3H2,(H,5,6)(H,7,8)/b2-1+. The SMILES string of the molecule is O=C(O)/C=C/CS(=O)O. The number of rotatable bonds is 3. The molecule has 0 radical (unpaired) electrons. The van der Waals surface area contributed by atoms with Gasteiger partial charge in [-0.15, -0.1) is 0 Å². The van der Waals surface area contributed by atoms with Gasteiger partial charge in [0, 0.05) is 6.08 Å². The van der Waals surface area contributed by atoms with Crippen LogP contribution in [-0.2, 0) is 15.9 Å². The summed E-state index contributed by atoms with van der Waals surface area (Å²) in [5.74, 6) is -1.24. The van der Waals surface area contributed by atoms with Crippen LogP contribution in [0.25, 0.3) is 0 Å². The molecule has 0 amide bonds. The summed E-state index contributed by atoms with van der Waals surface area (Å²) in [6, 6.07) is 0. The number of hydrogen-bond acceptors (Lipinski definition) is 2. The van der Waals surface area contributed by atoms with Crippen molar-refractivity contribution in [3.63, 3.8) is 0 Å². The fourth-order valence-electron chi connectivity index (χ4n) is 0.231. The predicted octanol–water partition coefficient (Wildman–Crippen LogP) is -0.151. The van der Waals surface area contributed by atoms with Crippen LogP contribution in [0.5, 0.6) is 0 Å². The molecule has 0 aromatic rings. The smallest absolute Gasteiger partial charge is 0.328 e. The summed E-state index contributed by atoms with van der Waals surface area (Å²) in [5, 5.41) is 7.96. The van der Waals surface area contributed by atoms with Gasteiger partial charge in [-0.3, -0.25) is 0 Å². The lowest BCUT2D eigenvalue weighted by Gasteiger charge is -1.80. The van der Waals surface area contributed by atoms with Gasteiger partial charge in [-0.1, -0.05) is 6.08 Å². The highest BCUT2D eigenvalue weighted by Crippen LogP contribution is 1.76. The molecule has 0 saturated heterocycles. The number of carboxylic acid groups (broad SMARTS) is 1. The molecule has 0 heterocycles. The van der Waals surface area contributed by atoms with E-state index in [2.05, 4.69) is 0 Å². The molecule has 2 N–H and O–H groups in total. The van der Waals surface area contributed by atoms with E-state index in [4.69, 9.17) is 9.66 Å². The molecule has 0 fully saturated rings. The molecule has 4 nitrogen and oxygen atoms in total. The maximum atomic E-state index is 9.85. The van der Waals surface area contributed by atoms with Gasteiger partial charge in [0.05, 0.1) is 5.75 Å². The quantitative estimate of drug-likeness (QED) is 0.433. The van der Waals surface area contributed by atoms with Gasteiger partial charge in [0.25, 0.3) is 0 Å². The Labute approximate surface area is 54.5 Å². The zero-order valence-electron chi connectivity index (χ0n) is 4.48. The van der Waals surface area contributed by atoms with Crippen molar-refractivity contribution < 1.29 is 18.7 Å². The van der Waals surface area contributed by atoms with Crippen LogP contribution in [0.2, 0.25) is 0 Å². The van der Waals surface area contributed by atoms with Crippen molar-refractivity contribution in [3.05, 3.63) is 12.2 Å². The van der Waals surface area contributed by atoms with Crippen molar-refractivity contribution in [3.8, 4) is 0 Å². The average Bonchev–Trinajstić information content (AvgIpc) is 1.63. The molecule has 5 heteroatoms. The van der Waals surface area contributed by atoms with Crippen molar-refractivity contribution >= 4 is 17.0 Å². The Morgan fingerprint density at radius 2 is 2.22 bits per heavy atom. The number of aliphatic carboxylic acids is 1. The summed E-state index contributed by atoms with van der Waals surface area (Å²) < 4.78 is 17.9. The third-order valence-corrected chi connectivity index (χ3v) is 0.977. The van der Waals surface area contributed by atoms with Crippen LogP contribution in [0.4, 0.5) is 0 Å². The molecule has 0 rings (SSSR count). The van der Waals surface area contributed by atoms with E-state index in [1.54, 1.807) is 0 Å². The van der Waals surface area contributed by atoms with Crippen LogP contribution in [0.1, 0.15) is 0 Å². The third kappa shape index (κ3) is 7.32. The molecule has 0 spiro atoms. The summed E-state index contributed by atoms with van der Waals surface area (Å²) in [7, 11) is 0. The molecular weight excluding hydrogens is 144 g/mol. The fraction of sp³-hybridized carbons (Fsp3) is 0.250. The first-order valence-corrected chi connectivity index (χ1v) is 3.37. The fourth-order valence-corrected chi connectivity index (χ4v) is 0.492. The Morgan fingerprint density at radius 3 is 2.56 bits per heavy atom. The Bertz CT molecular complexity index is 151. The number of carbonyl (C=O) groups is 1. The van der Waals surface area contributed by atoms with Crippen molar-refractivity contribution in [1.82, 2.24) is 0 Å². The average molecular weight is 150 g/mol. The van der Waals surface area contributed by atoms with E-state index in [0.717, 1.165) is 12.2 Å². The highest BCUT2D eigenvalue weighted by molar-refractivity contribution is 7.79. The van der Waals surface area contributed by atoms with Crippen LogP contribution in [-0.4, -0.2) is 25.6 Å². The van der Waals surface area contributed by atoms with E-state index in [9.17, 15) is 9.00 Å². The monoisotopic (exact) mass is 150 g/mol. The molecule has 0 bridgehead atoms. The van der Waals surface area contributed by atoms with Gasteiger partial charge in [-0.25, -0.2) is 9.00 Å². The van der Waals surface area contributed by atoms with Crippen LogP contribution >= 0.6 is 0 Å². The molecule has 1 unspecified atom stereocenters. The van der Waals surface area contributed by atoms with Crippen molar-refractivity contribution in [1.29, 1.82) is 0 Å². The Balaban J connectivity index is 3.48. The van der Waals surface area contributed by atoms with E-state index < -0.39 is 17.0 Å². The van der Waals surface area contributed by atoms with Crippen LogP contribution < -0.4 is 0 Å². The minimum Gasteiger partial charge on any atom is -0.478 e. The molecule has 52 valence electrons. The highest BCUT2D eigenvalue weighted by Gasteiger charge is 1.87. The van der Waals surface area contributed by atoms with Gasteiger partial charge in [0.15, 0.2) is 11.1 Å². The topological polar surface area (TPSA) is 74.6 Å². The van der Waals surface area contributed by atoms with E-state index in [-0.39, 0.29) is 5.75 Å². The molecule has 0 aliphatic carbocycles. The second-order valence-corrected chi connectivity index (χ2v) is 2.21. The lowest BCUT2D eigenvalue weighted by molar-refractivity contribution is -0.131. The summed E-state index contributed by atoms with van der Waals surface area (Å²) >= 11 is -1.93. The largest absolute Gasteiger partial charge is 0.478 e. The van der Waals surface area contributed by atoms with Gasteiger partial charge in [0.2, 0.25) is 0 Å². The zero-order valence-corrected chi connectivity index (χ0v) is 5.30. The lowest BCUT2D eigenvalue weighted by atomic mass is 10.5. The number of hydrogen-bond donors (Lipinski definition) is 2. The minimum absolute atomic E-state index is 0.133. The first-order valence-electron chi connectivity index (χ1n) is 2.10. The third-order valence-electron chi connectivity index (χ3n) is 0.499. The van der Waals surface area contributed by atoms with E-state index in [1.807, 2.05) is 0 Å². The highest BCUT2D eigenvalue weighted by atomic mass is 32.2. The molecule has 1 atom stereocenters. The molecule has 0 saturated carbocycles. The van der Waals surface area contributed by atoms with Gasteiger partial charge >= 0.3 is 5.97 Å². The van der Waals surface area contributed by atoms with E-state index in [1.165, 1.54) is 0 Å². The minimum atomic E-state index is -1.93. The Hall–Kier alpha value is -0.680. The summed E-state index contributed by atoms with van der Waals surface area (Å²) in [4.78, 5) is 9.71. The van der Waals surface area contributed by atoms with Gasteiger partial charge in [-0.05, 0) is 0 Å². The first kappa shape index (κ1) is 8.32. The van der Waals surface area contributed by atoms with Crippen LogP contribution in [0.15, 0.2) is 12.2 Å². The van der Waals surface area contributed by atoms with Gasteiger partial charge in [-0.2, -0.15) is 0 Å². The van der Waals surface area contributed by atoms with Crippen LogP contribution in [0.3, 0.4) is 0 Å². The van der Waals surface area contributed by atoms with Crippen molar-refractivity contribution in [2.24, 2.45) is 0 Å². The van der Waals surface area contributed by atoms with E-state index >= 15 is 0 Å². The summed E-state index contributed by atoms with van der Waals surface area (Å²) in [5.41, 5.74) is 0. The normalized spacial score (nSPS) is 13.9. The van der Waals surface area contributed by atoms with E-state index in [0.29, 0.717) is 0 Å². The predicted molar refractivity (Wildman–Crippen MR) is 32.4 cm³/mol. The van der Waals surface area contributed by atoms with Gasteiger partial charge < -0.3 is 9.66 Å². The van der Waals surface area contributed by atoms with Crippen molar-refractivity contribution in [2.45, 2.75) is 0 Å². The summed E-state index contributed by atoms with van der Waals surface area (Å²) in [6.45, 7) is 0. The molecular formula is C4H6O4S. The maximum Gasteiger partial charge on any atom is 0.328 e. The molecule has 0 aliphatic heterocycles. The summed E-state index contributed by atoms with van der Waals surface area (Å²) in [6.07, 6.45) is 1.95. The second kappa shape index (κ2) is 4.22. The second-order valence-electron chi connectivity index (χ2n) is 1.23. The molecule has 0 aromatic carbocycles. The first-order chi connectivity index (χ1) is 4.13. The molecule has 9 heavy (non-hydrogen) atoms. The van der Waals surface area contributed by atoms with Crippen molar-refractivity contribution in [2.75, 3.05) is 5.75 Å². The Kier molecular flexibility index (Phi) is 3.90. The Morgan fingerprint density at radius 1 is 1.67 bits per heavy atom. The molecule has 0 aromatic heterocycles. The van der Waals surface area contributed by atoms with Gasteiger partial charge in [0.1, 0.15) is 0 Å². The van der Waals surface area contributed by atoms with Crippen LogP contribution in [0, 0.1) is 0 Å².